The molecule has 2 N–H and O–H groups in total. The van der Waals surface area contributed by atoms with E-state index < -0.39 is 22.5 Å². The topological polar surface area (TPSA) is 92.7 Å². The molecule has 0 aliphatic carbocycles. The van der Waals surface area contributed by atoms with Crippen LogP contribution in [0.3, 0.4) is 0 Å². The fraction of sp³-hybridized carbons (Fsp3) is 0.250. The summed E-state index contributed by atoms with van der Waals surface area (Å²) in [6, 6.07) is 6.04. The second-order valence-electron chi connectivity index (χ2n) is 3.36. The molecule has 0 aliphatic rings. The van der Waals surface area contributed by atoms with Gasteiger partial charge < -0.3 is 9.84 Å². The SMILES string of the molecule is COC(=O)CNS(=O)(=O)c1ccccc1C#CCO. The smallest absolute Gasteiger partial charge is 0.320 e. The van der Waals surface area contributed by atoms with E-state index in [4.69, 9.17) is 5.11 Å². The Hall–Kier alpha value is -1.88. The summed E-state index contributed by atoms with van der Waals surface area (Å²) < 4.78 is 30.4. The highest BCUT2D eigenvalue weighted by atomic mass is 32.2. The zero-order chi connectivity index (χ0) is 14.3. The van der Waals surface area contributed by atoms with Crippen molar-refractivity contribution in [1.29, 1.82) is 0 Å². The van der Waals surface area contributed by atoms with E-state index in [0.717, 1.165) is 7.11 Å². The maximum atomic E-state index is 12.0. The summed E-state index contributed by atoms with van der Waals surface area (Å²) in [6.07, 6.45) is 0. The average molecular weight is 283 g/mol. The standard InChI is InChI=1S/C12H13NO5S/c1-18-12(15)9-13-19(16,17)11-7-3-2-5-10(11)6-4-8-14/h2-3,5,7,13-14H,8-9H2,1H3. The van der Waals surface area contributed by atoms with Crippen molar-refractivity contribution < 1.29 is 23.1 Å². The minimum Gasteiger partial charge on any atom is -0.468 e. The quantitative estimate of drug-likeness (QED) is 0.573. The second kappa shape index (κ2) is 6.89. The Morgan fingerprint density at radius 3 is 2.74 bits per heavy atom. The summed E-state index contributed by atoms with van der Waals surface area (Å²) in [7, 11) is -2.70. The van der Waals surface area contributed by atoms with Gasteiger partial charge in [0.25, 0.3) is 0 Å². The molecule has 0 spiro atoms. The number of nitrogens with one attached hydrogen (secondary N) is 1. The van der Waals surface area contributed by atoms with Crippen LogP contribution in [-0.4, -0.2) is 39.8 Å². The molecule has 0 saturated carbocycles. The molecule has 102 valence electrons. The first-order chi connectivity index (χ1) is 9.01. The van der Waals surface area contributed by atoms with Crippen LogP contribution in [0.1, 0.15) is 5.56 Å². The Morgan fingerprint density at radius 1 is 1.42 bits per heavy atom. The van der Waals surface area contributed by atoms with Crippen LogP contribution in [0, 0.1) is 11.8 Å². The Morgan fingerprint density at radius 2 is 2.11 bits per heavy atom. The molecule has 0 heterocycles. The third-order valence-electron chi connectivity index (χ3n) is 2.11. The molecule has 7 heteroatoms. The van der Waals surface area contributed by atoms with Gasteiger partial charge in [-0.15, -0.1) is 0 Å². The van der Waals surface area contributed by atoms with Crippen LogP contribution in [0.4, 0.5) is 0 Å². The zero-order valence-electron chi connectivity index (χ0n) is 10.2. The van der Waals surface area contributed by atoms with Gasteiger partial charge in [0.2, 0.25) is 10.0 Å². The van der Waals surface area contributed by atoms with Gasteiger partial charge in [-0.3, -0.25) is 4.79 Å². The van der Waals surface area contributed by atoms with E-state index in [1.807, 2.05) is 0 Å². The van der Waals surface area contributed by atoms with Crippen LogP contribution in [-0.2, 0) is 19.6 Å². The van der Waals surface area contributed by atoms with Gasteiger partial charge in [0.15, 0.2) is 0 Å². The number of aliphatic hydroxyl groups is 1. The van der Waals surface area contributed by atoms with Gasteiger partial charge in [0.05, 0.1) is 12.0 Å². The molecule has 0 fully saturated rings. The number of carbonyl (C=O) groups is 1. The summed E-state index contributed by atoms with van der Waals surface area (Å²) in [5.41, 5.74) is 0.244. The third-order valence-corrected chi connectivity index (χ3v) is 3.57. The molecule has 0 bridgehead atoms. The first-order valence-electron chi connectivity index (χ1n) is 5.26. The lowest BCUT2D eigenvalue weighted by molar-refractivity contribution is -0.139. The van der Waals surface area contributed by atoms with E-state index in [9.17, 15) is 13.2 Å². The van der Waals surface area contributed by atoms with Crippen LogP contribution in [0.5, 0.6) is 0 Å². The van der Waals surface area contributed by atoms with Crippen LogP contribution in [0.15, 0.2) is 29.2 Å². The Kier molecular flexibility index (Phi) is 5.51. The largest absolute Gasteiger partial charge is 0.468 e. The van der Waals surface area contributed by atoms with E-state index in [1.165, 1.54) is 18.2 Å². The minimum absolute atomic E-state index is 0.0557. The van der Waals surface area contributed by atoms with Gasteiger partial charge >= 0.3 is 5.97 Å². The molecule has 19 heavy (non-hydrogen) atoms. The van der Waals surface area contributed by atoms with Crippen molar-refractivity contribution in [2.75, 3.05) is 20.3 Å². The van der Waals surface area contributed by atoms with E-state index in [-0.39, 0.29) is 17.1 Å². The summed E-state index contributed by atoms with van der Waals surface area (Å²) in [5, 5.41) is 8.63. The summed E-state index contributed by atoms with van der Waals surface area (Å²) >= 11 is 0. The monoisotopic (exact) mass is 283 g/mol. The van der Waals surface area contributed by atoms with Crippen LogP contribution >= 0.6 is 0 Å². The maximum Gasteiger partial charge on any atom is 0.320 e. The third kappa shape index (κ3) is 4.37. The number of esters is 1. The number of carbonyl (C=O) groups excluding carboxylic acids is 1. The van der Waals surface area contributed by atoms with Crippen LogP contribution in [0.2, 0.25) is 0 Å². The van der Waals surface area contributed by atoms with Crippen molar-refractivity contribution in [2.45, 2.75) is 4.90 Å². The number of benzene rings is 1. The van der Waals surface area contributed by atoms with E-state index in [1.54, 1.807) is 6.07 Å². The summed E-state index contributed by atoms with van der Waals surface area (Å²) in [5.74, 6) is 4.22. The molecule has 0 unspecified atom stereocenters. The van der Waals surface area contributed by atoms with Gasteiger partial charge in [-0.25, -0.2) is 8.42 Å². The molecule has 0 radical (unpaired) electrons. The number of ether oxygens (including phenoxy) is 1. The highest BCUT2D eigenvalue weighted by Crippen LogP contribution is 2.13. The maximum absolute atomic E-state index is 12.0. The number of hydrogen-bond acceptors (Lipinski definition) is 5. The summed E-state index contributed by atoms with van der Waals surface area (Å²) in [6.45, 7) is -0.829. The van der Waals surface area contributed by atoms with E-state index in [2.05, 4.69) is 21.3 Å². The van der Waals surface area contributed by atoms with Gasteiger partial charge in [-0.05, 0) is 12.1 Å². The highest BCUT2D eigenvalue weighted by Gasteiger charge is 2.18. The van der Waals surface area contributed by atoms with Crippen LogP contribution in [0.25, 0.3) is 0 Å². The molecule has 6 nitrogen and oxygen atoms in total. The Bertz CT molecular complexity index is 612. The molecule has 1 aromatic rings. The van der Waals surface area contributed by atoms with Crippen LogP contribution < -0.4 is 4.72 Å². The Balaban J connectivity index is 3.04. The molecular weight excluding hydrogens is 270 g/mol. The fourth-order valence-corrected chi connectivity index (χ4v) is 2.37. The molecule has 1 rings (SSSR count). The molecule has 0 saturated heterocycles. The van der Waals surface area contributed by atoms with Crippen molar-refractivity contribution in [3.63, 3.8) is 0 Å². The van der Waals surface area contributed by atoms with Gasteiger partial charge in [-0.2, -0.15) is 4.72 Å². The van der Waals surface area contributed by atoms with E-state index in [0.29, 0.717) is 0 Å². The molecule has 0 aromatic heterocycles. The number of methoxy groups -OCH3 is 1. The lowest BCUT2D eigenvalue weighted by Crippen LogP contribution is -2.30. The van der Waals surface area contributed by atoms with Crippen molar-refractivity contribution >= 4 is 16.0 Å². The first-order valence-corrected chi connectivity index (χ1v) is 6.75. The number of hydrogen-bond donors (Lipinski definition) is 2. The normalized spacial score (nSPS) is 10.4. The number of aliphatic hydroxyl groups excluding tert-OH is 1. The van der Waals surface area contributed by atoms with Gasteiger partial charge in [-0.1, -0.05) is 24.0 Å². The van der Waals surface area contributed by atoms with Crippen molar-refractivity contribution in [2.24, 2.45) is 0 Å². The molecule has 0 atom stereocenters. The van der Waals surface area contributed by atoms with Gasteiger partial charge in [0, 0.05) is 5.56 Å². The fourth-order valence-electron chi connectivity index (χ4n) is 1.24. The predicted octanol–water partition coefficient (Wildman–Crippen LogP) is -0.518. The van der Waals surface area contributed by atoms with E-state index >= 15 is 0 Å². The average Bonchev–Trinajstić information content (AvgIpc) is 2.42. The first kappa shape index (κ1) is 15.2. The minimum atomic E-state index is -3.86. The molecular formula is C12H13NO5S. The predicted molar refractivity (Wildman–Crippen MR) is 67.6 cm³/mol. The van der Waals surface area contributed by atoms with Crippen molar-refractivity contribution in [3.8, 4) is 11.8 Å². The lowest BCUT2D eigenvalue weighted by atomic mass is 10.2. The lowest BCUT2D eigenvalue weighted by Gasteiger charge is -2.07. The van der Waals surface area contributed by atoms with Gasteiger partial charge in [0.1, 0.15) is 13.2 Å². The second-order valence-corrected chi connectivity index (χ2v) is 5.09. The van der Waals surface area contributed by atoms with Crippen molar-refractivity contribution in [1.82, 2.24) is 4.72 Å². The number of sulfonamides is 1. The molecule has 0 amide bonds. The highest BCUT2D eigenvalue weighted by molar-refractivity contribution is 7.89. The summed E-state index contributed by atoms with van der Waals surface area (Å²) in [4.78, 5) is 10.9. The number of rotatable bonds is 4. The zero-order valence-corrected chi connectivity index (χ0v) is 11.0. The van der Waals surface area contributed by atoms with Crippen molar-refractivity contribution in [3.05, 3.63) is 29.8 Å². The molecule has 0 aliphatic heterocycles. The molecule has 1 aromatic carbocycles. The Labute approximate surface area is 111 Å².